The molecular weight excluding hydrogens is 257 g/mol. The third-order valence-electron chi connectivity index (χ3n) is 2.19. The molecule has 0 spiro atoms. The van der Waals surface area contributed by atoms with Crippen LogP contribution in [-0.4, -0.2) is 15.1 Å². The van der Waals surface area contributed by atoms with E-state index in [-0.39, 0.29) is 11.9 Å². The smallest absolute Gasteiger partial charge is 0.170 e. The van der Waals surface area contributed by atoms with Crippen LogP contribution in [0.3, 0.4) is 0 Å². The molecule has 2 aromatic rings. The summed E-state index contributed by atoms with van der Waals surface area (Å²) in [6.45, 7) is 1.86. The van der Waals surface area contributed by atoms with Crippen molar-refractivity contribution < 1.29 is 4.39 Å². The Hall–Kier alpha value is -0.980. The zero-order chi connectivity index (χ0) is 12.3. The first-order valence-electron chi connectivity index (χ1n) is 5.09. The molecule has 17 heavy (non-hydrogen) atoms. The van der Waals surface area contributed by atoms with E-state index < -0.39 is 0 Å². The minimum Gasteiger partial charge on any atom is -0.323 e. The Morgan fingerprint density at radius 3 is 2.71 bits per heavy atom. The fourth-order valence-electron chi connectivity index (χ4n) is 1.30. The normalized spacial score (nSPS) is 12.6. The molecule has 0 saturated carbocycles. The molecule has 2 rings (SSSR count). The maximum absolute atomic E-state index is 12.7. The Balaban J connectivity index is 1.93. The highest BCUT2D eigenvalue weighted by Crippen LogP contribution is 2.24. The van der Waals surface area contributed by atoms with Gasteiger partial charge in [0.2, 0.25) is 0 Å². The third kappa shape index (κ3) is 3.49. The lowest BCUT2D eigenvalue weighted by Crippen LogP contribution is -2.12. The lowest BCUT2D eigenvalue weighted by atomic mass is 10.1. The first-order chi connectivity index (χ1) is 8.15. The number of hydrogen-bond donors (Lipinski definition) is 1. The summed E-state index contributed by atoms with van der Waals surface area (Å²) in [6, 6.07) is 6.16. The molecule has 3 nitrogen and oxygen atoms in total. The number of aryl methyl sites for hydroxylation is 1. The van der Waals surface area contributed by atoms with E-state index in [0.29, 0.717) is 5.75 Å². The molecule has 0 aliphatic carbocycles. The molecule has 1 heterocycles. The van der Waals surface area contributed by atoms with Crippen LogP contribution in [0.1, 0.15) is 17.4 Å². The van der Waals surface area contributed by atoms with Crippen LogP contribution < -0.4 is 5.73 Å². The van der Waals surface area contributed by atoms with Crippen LogP contribution in [0, 0.1) is 12.7 Å². The van der Waals surface area contributed by atoms with Gasteiger partial charge in [-0.1, -0.05) is 23.9 Å². The van der Waals surface area contributed by atoms with Crippen molar-refractivity contribution in [2.45, 2.75) is 17.3 Å². The van der Waals surface area contributed by atoms with E-state index in [4.69, 9.17) is 5.73 Å². The second-order valence-electron chi connectivity index (χ2n) is 3.58. The number of aromatic nitrogens is 2. The van der Waals surface area contributed by atoms with E-state index in [0.717, 1.165) is 15.7 Å². The van der Waals surface area contributed by atoms with Gasteiger partial charge in [-0.05, 0) is 36.2 Å². The number of nitrogens with zero attached hydrogens (tertiary/aromatic N) is 2. The van der Waals surface area contributed by atoms with Crippen LogP contribution in [0.5, 0.6) is 0 Å². The minimum atomic E-state index is -0.242. The molecule has 0 saturated heterocycles. The molecule has 0 bridgehead atoms. The summed E-state index contributed by atoms with van der Waals surface area (Å²) >= 11 is 2.95. The molecule has 0 radical (unpaired) electrons. The van der Waals surface area contributed by atoms with E-state index in [1.54, 1.807) is 23.9 Å². The highest BCUT2D eigenvalue weighted by Gasteiger charge is 2.08. The minimum absolute atomic E-state index is 0.121. The average Bonchev–Trinajstić information content (AvgIpc) is 2.73. The van der Waals surface area contributed by atoms with Crippen LogP contribution in [0.2, 0.25) is 0 Å². The number of hydrogen-bond acceptors (Lipinski definition) is 5. The van der Waals surface area contributed by atoms with Crippen molar-refractivity contribution in [1.82, 2.24) is 9.36 Å². The lowest BCUT2D eigenvalue weighted by molar-refractivity contribution is 0.626. The molecule has 1 aromatic carbocycles. The molecule has 90 valence electrons. The van der Waals surface area contributed by atoms with Crippen molar-refractivity contribution in [2.75, 3.05) is 5.75 Å². The van der Waals surface area contributed by atoms with Crippen LogP contribution >= 0.6 is 23.3 Å². The van der Waals surface area contributed by atoms with Gasteiger partial charge in [-0.25, -0.2) is 9.37 Å². The summed E-state index contributed by atoms with van der Waals surface area (Å²) in [5.74, 6) is 1.25. The van der Waals surface area contributed by atoms with Gasteiger partial charge in [0.05, 0.1) is 0 Å². The molecular formula is C11H12FN3S2. The SMILES string of the molecule is Cc1nsc(SCC(N)c2ccc(F)cc2)n1. The van der Waals surface area contributed by atoms with Gasteiger partial charge < -0.3 is 5.73 Å². The Bertz CT molecular complexity index is 484. The fourth-order valence-corrected chi connectivity index (χ4v) is 2.97. The van der Waals surface area contributed by atoms with Crippen molar-refractivity contribution in [3.8, 4) is 0 Å². The molecule has 6 heteroatoms. The number of rotatable bonds is 4. The van der Waals surface area contributed by atoms with Crippen molar-refractivity contribution in [3.05, 3.63) is 41.5 Å². The van der Waals surface area contributed by atoms with Gasteiger partial charge in [-0.2, -0.15) is 4.37 Å². The van der Waals surface area contributed by atoms with Crippen molar-refractivity contribution in [3.63, 3.8) is 0 Å². The van der Waals surface area contributed by atoms with Gasteiger partial charge in [0.25, 0.3) is 0 Å². The predicted octanol–water partition coefficient (Wildman–Crippen LogP) is 2.78. The monoisotopic (exact) mass is 269 g/mol. The molecule has 2 N–H and O–H groups in total. The second kappa shape index (κ2) is 5.57. The Morgan fingerprint density at radius 2 is 2.12 bits per heavy atom. The van der Waals surface area contributed by atoms with Crippen LogP contribution in [0.25, 0.3) is 0 Å². The van der Waals surface area contributed by atoms with Crippen molar-refractivity contribution in [2.24, 2.45) is 5.73 Å². The summed E-state index contributed by atoms with van der Waals surface area (Å²) in [4.78, 5) is 4.25. The third-order valence-corrected chi connectivity index (χ3v) is 4.24. The predicted molar refractivity (Wildman–Crippen MR) is 68.7 cm³/mol. The second-order valence-corrected chi connectivity index (χ2v) is 5.60. The highest BCUT2D eigenvalue weighted by molar-refractivity contribution is 8.00. The summed E-state index contributed by atoms with van der Waals surface area (Å²) in [6.07, 6.45) is 0. The Labute approximate surface area is 107 Å². The Morgan fingerprint density at radius 1 is 1.41 bits per heavy atom. The van der Waals surface area contributed by atoms with Gasteiger partial charge in [0, 0.05) is 11.8 Å². The number of benzene rings is 1. The Kier molecular flexibility index (Phi) is 4.09. The zero-order valence-corrected chi connectivity index (χ0v) is 10.9. The summed E-state index contributed by atoms with van der Waals surface area (Å²) in [5, 5.41) is 0. The molecule has 1 atom stereocenters. The summed E-state index contributed by atoms with van der Waals surface area (Å²) < 4.78 is 17.8. The number of nitrogens with two attached hydrogens (primary N) is 1. The zero-order valence-electron chi connectivity index (χ0n) is 9.26. The highest BCUT2D eigenvalue weighted by atomic mass is 32.2. The van der Waals surface area contributed by atoms with E-state index in [1.807, 2.05) is 6.92 Å². The van der Waals surface area contributed by atoms with E-state index in [9.17, 15) is 4.39 Å². The summed E-state index contributed by atoms with van der Waals surface area (Å²) in [7, 11) is 0. The molecule has 0 aliphatic rings. The standard InChI is InChI=1S/C11H12FN3S2/c1-7-14-11(17-15-7)16-6-10(13)8-2-4-9(12)5-3-8/h2-5,10H,6,13H2,1H3. The average molecular weight is 269 g/mol. The van der Waals surface area contributed by atoms with Gasteiger partial charge in [-0.3, -0.25) is 0 Å². The number of thioether (sulfide) groups is 1. The molecule has 0 fully saturated rings. The van der Waals surface area contributed by atoms with E-state index in [2.05, 4.69) is 9.36 Å². The first kappa shape index (κ1) is 12.5. The van der Waals surface area contributed by atoms with E-state index >= 15 is 0 Å². The molecule has 0 amide bonds. The summed E-state index contributed by atoms with van der Waals surface area (Å²) in [5.41, 5.74) is 6.94. The van der Waals surface area contributed by atoms with Gasteiger partial charge in [0.1, 0.15) is 11.6 Å². The molecule has 1 unspecified atom stereocenters. The quantitative estimate of drug-likeness (QED) is 0.867. The molecule has 0 aliphatic heterocycles. The first-order valence-corrected chi connectivity index (χ1v) is 6.85. The fraction of sp³-hybridized carbons (Fsp3) is 0.273. The van der Waals surface area contributed by atoms with Crippen LogP contribution in [-0.2, 0) is 0 Å². The largest absolute Gasteiger partial charge is 0.323 e. The number of halogens is 1. The van der Waals surface area contributed by atoms with Crippen molar-refractivity contribution in [1.29, 1.82) is 0 Å². The van der Waals surface area contributed by atoms with Crippen molar-refractivity contribution >= 4 is 23.3 Å². The van der Waals surface area contributed by atoms with Gasteiger partial charge in [0.15, 0.2) is 4.34 Å². The lowest BCUT2D eigenvalue weighted by Gasteiger charge is -2.10. The maximum Gasteiger partial charge on any atom is 0.170 e. The maximum atomic E-state index is 12.7. The molecule has 1 aromatic heterocycles. The van der Waals surface area contributed by atoms with Gasteiger partial charge >= 0.3 is 0 Å². The van der Waals surface area contributed by atoms with Crippen LogP contribution in [0.15, 0.2) is 28.6 Å². The van der Waals surface area contributed by atoms with Gasteiger partial charge in [-0.15, -0.1) is 0 Å². The van der Waals surface area contributed by atoms with E-state index in [1.165, 1.54) is 23.7 Å². The topological polar surface area (TPSA) is 51.8 Å². The van der Waals surface area contributed by atoms with Crippen LogP contribution in [0.4, 0.5) is 4.39 Å².